The second-order valence-corrected chi connectivity index (χ2v) is 4.68. The van der Waals surface area contributed by atoms with Crippen molar-refractivity contribution >= 4 is 17.0 Å². The molecule has 1 heterocycles. The van der Waals surface area contributed by atoms with E-state index in [9.17, 15) is 0 Å². The van der Waals surface area contributed by atoms with Gasteiger partial charge in [0.1, 0.15) is 0 Å². The molecule has 1 aromatic carbocycles. The zero-order valence-corrected chi connectivity index (χ0v) is 10.9. The Bertz CT molecular complexity index is 513. The average Bonchev–Trinajstić information content (AvgIpc) is 2.62. The van der Waals surface area contributed by atoms with E-state index in [0.29, 0.717) is 12.0 Å². The number of nitrogens with two attached hydrogens (primary N) is 1. The molecule has 0 spiro atoms. The zero-order chi connectivity index (χ0) is 12.4. The average molecular weight is 231 g/mol. The minimum absolute atomic E-state index is 0.465. The van der Waals surface area contributed by atoms with E-state index in [1.807, 2.05) is 0 Å². The number of hydrogen-bond acceptors (Lipinski definition) is 2. The molecule has 2 rings (SSSR count). The summed E-state index contributed by atoms with van der Waals surface area (Å²) < 4.78 is 2.20. The number of anilines is 1. The third-order valence-electron chi connectivity index (χ3n) is 3.33. The van der Waals surface area contributed by atoms with Crippen LogP contribution in [0, 0.1) is 6.92 Å². The van der Waals surface area contributed by atoms with E-state index in [1.165, 1.54) is 17.5 Å². The Morgan fingerprint density at radius 2 is 2.12 bits per heavy atom. The molecule has 0 aliphatic rings. The molecule has 0 aliphatic carbocycles. The topological polar surface area (TPSA) is 43.8 Å². The van der Waals surface area contributed by atoms with E-state index >= 15 is 0 Å². The fourth-order valence-electron chi connectivity index (χ4n) is 2.45. The van der Waals surface area contributed by atoms with Crippen molar-refractivity contribution in [1.29, 1.82) is 0 Å². The molecule has 2 N–H and O–H groups in total. The summed E-state index contributed by atoms with van der Waals surface area (Å²) in [6, 6.07) is 6.78. The highest BCUT2D eigenvalue weighted by Gasteiger charge is 2.15. The molecule has 17 heavy (non-hydrogen) atoms. The summed E-state index contributed by atoms with van der Waals surface area (Å²) in [6.45, 7) is 6.53. The maximum atomic E-state index is 6.06. The van der Waals surface area contributed by atoms with Gasteiger partial charge >= 0.3 is 0 Å². The number of fused-ring (bicyclic) bond motifs is 1. The van der Waals surface area contributed by atoms with E-state index in [-0.39, 0.29) is 0 Å². The predicted molar refractivity (Wildman–Crippen MR) is 73.1 cm³/mol. The van der Waals surface area contributed by atoms with Crippen molar-refractivity contribution in [2.24, 2.45) is 0 Å². The predicted octanol–water partition coefficient (Wildman–Crippen LogP) is 3.68. The highest BCUT2D eigenvalue weighted by atomic mass is 15.2. The quantitative estimate of drug-likeness (QED) is 0.872. The van der Waals surface area contributed by atoms with Crippen molar-refractivity contribution in [2.75, 3.05) is 5.73 Å². The molecule has 92 valence electrons. The van der Waals surface area contributed by atoms with Crippen molar-refractivity contribution in [3.8, 4) is 0 Å². The molecule has 0 saturated carbocycles. The molecule has 1 aromatic heterocycles. The summed E-state index contributed by atoms with van der Waals surface area (Å²) in [4.78, 5) is 4.45. The second kappa shape index (κ2) is 4.78. The number of benzene rings is 1. The maximum Gasteiger partial charge on any atom is 0.201 e. The summed E-state index contributed by atoms with van der Waals surface area (Å²) in [5, 5.41) is 0. The summed E-state index contributed by atoms with van der Waals surface area (Å²) in [7, 11) is 0. The fraction of sp³-hybridized carbons (Fsp3) is 0.500. The smallest absolute Gasteiger partial charge is 0.201 e. The van der Waals surface area contributed by atoms with E-state index in [0.717, 1.165) is 18.4 Å². The lowest BCUT2D eigenvalue weighted by Crippen LogP contribution is -2.11. The molecule has 0 fully saturated rings. The van der Waals surface area contributed by atoms with E-state index < -0.39 is 0 Å². The number of aromatic nitrogens is 2. The summed E-state index contributed by atoms with van der Waals surface area (Å²) >= 11 is 0. The van der Waals surface area contributed by atoms with Gasteiger partial charge in [-0.15, -0.1) is 0 Å². The van der Waals surface area contributed by atoms with Crippen LogP contribution in [0.25, 0.3) is 11.0 Å². The molecule has 0 amide bonds. The van der Waals surface area contributed by atoms with Crippen LogP contribution in [-0.4, -0.2) is 9.55 Å². The Balaban J connectivity index is 2.57. The molecule has 0 bridgehead atoms. The molecule has 3 nitrogen and oxygen atoms in total. The summed E-state index contributed by atoms with van der Waals surface area (Å²) in [5.41, 5.74) is 9.49. The minimum atomic E-state index is 0.465. The lowest BCUT2D eigenvalue weighted by molar-refractivity contribution is 0.463. The van der Waals surface area contributed by atoms with Gasteiger partial charge in [0.2, 0.25) is 5.95 Å². The summed E-state index contributed by atoms with van der Waals surface area (Å²) in [5.74, 6) is 0.644. The van der Waals surface area contributed by atoms with Crippen molar-refractivity contribution in [1.82, 2.24) is 9.55 Å². The lowest BCUT2D eigenvalue weighted by atomic mass is 10.1. The lowest BCUT2D eigenvalue weighted by Gasteiger charge is -2.18. The maximum absolute atomic E-state index is 6.06. The third-order valence-corrected chi connectivity index (χ3v) is 3.33. The monoisotopic (exact) mass is 231 g/mol. The van der Waals surface area contributed by atoms with Gasteiger partial charge in [0, 0.05) is 6.04 Å². The molecule has 1 atom stereocenters. The van der Waals surface area contributed by atoms with Gasteiger partial charge in [0.15, 0.2) is 0 Å². The molecule has 0 aliphatic heterocycles. The number of nitrogens with zero attached hydrogens (tertiary/aromatic N) is 2. The number of nitrogen functional groups attached to an aromatic ring is 1. The van der Waals surface area contributed by atoms with Crippen LogP contribution < -0.4 is 5.73 Å². The number of hydrogen-bond donors (Lipinski definition) is 1. The van der Waals surface area contributed by atoms with Crippen LogP contribution in [0.5, 0.6) is 0 Å². The van der Waals surface area contributed by atoms with Gasteiger partial charge in [0.05, 0.1) is 11.0 Å². The number of aryl methyl sites for hydroxylation is 1. The van der Waals surface area contributed by atoms with Crippen molar-refractivity contribution in [3.63, 3.8) is 0 Å². The normalized spacial score (nSPS) is 13.1. The van der Waals surface area contributed by atoms with Crippen LogP contribution >= 0.6 is 0 Å². The van der Waals surface area contributed by atoms with Crippen molar-refractivity contribution < 1.29 is 0 Å². The molecular weight excluding hydrogens is 210 g/mol. The Hall–Kier alpha value is -1.51. The molecular formula is C14H21N3. The Labute approximate surface area is 103 Å². The second-order valence-electron chi connectivity index (χ2n) is 4.68. The molecule has 2 aromatic rings. The van der Waals surface area contributed by atoms with Gasteiger partial charge in [-0.2, -0.15) is 0 Å². The van der Waals surface area contributed by atoms with Gasteiger partial charge < -0.3 is 10.3 Å². The summed E-state index contributed by atoms with van der Waals surface area (Å²) in [6.07, 6.45) is 3.42. The Kier molecular flexibility index (Phi) is 3.36. The van der Waals surface area contributed by atoms with Gasteiger partial charge in [0.25, 0.3) is 0 Å². The molecule has 0 saturated heterocycles. The SMILES string of the molecule is CCCC(CC)n1c(N)nc2ccc(C)cc21. The Morgan fingerprint density at radius 1 is 1.35 bits per heavy atom. The first kappa shape index (κ1) is 12.0. The zero-order valence-electron chi connectivity index (χ0n) is 10.9. The van der Waals surface area contributed by atoms with Crippen LogP contribution in [0.1, 0.15) is 44.7 Å². The first-order chi connectivity index (χ1) is 8.17. The highest BCUT2D eigenvalue weighted by Crippen LogP contribution is 2.28. The van der Waals surface area contributed by atoms with Gasteiger partial charge in [-0.25, -0.2) is 4.98 Å². The number of rotatable bonds is 4. The molecule has 0 radical (unpaired) electrons. The van der Waals surface area contributed by atoms with Gasteiger partial charge in [-0.05, 0) is 37.5 Å². The first-order valence-electron chi connectivity index (χ1n) is 6.41. The minimum Gasteiger partial charge on any atom is -0.369 e. The standard InChI is InChI=1S/C14H21N3/c1-4-6-11(5-2)17-13-9-10(3)7-8-12(13)16-14(17)15/h7-9,11H,4-6H2,1-3H3,(H2,15,16). The molecule has 3 heteroatoms. The van der Waals surface area contributed by atoms with E-state index in [4.69, 9.17) is 5.73 Å². The van der Waals surface area contributed by atoms with Crippen molar-refractivity contribution in [2.45, 2.75) is 46.1 Å². The Morgan fingerprint density at radius 3 is 2.76 bits per heavy atom. The van der Waals surface area contributed by atoms with Crippen LogP contribution in [0.4, 0.5) is 5.95 Å². The van der Waals surface area contributed by atoms with Gasteiger partial charge in [-0.3, -0.25) is 0 Å². The van der Waals surface area contributed by atoms with Gasteiger partial charge in [-0.1, -0.05) is 26.3 Å². The first-order valence-corrected chi connectivity index (χ1v) is 6.41. The highest BCUT2D eigenvalue weighted by molar-refractivity contribution is 5.79. The van der Waals surface area contributed by atoms with E-state index in [1.54, 1.807) is 0 Å². The largest absolute Gasteiger partial charge is 0.369 e. The fourth-order valence-corrected chi connectivity index (χ4v) is 2.45. The van der Waals surface area contributed by atoms with E-state index in [2.05, 4.69) is 48.5 Å². The van der Waals surface area contributed by atoms with Crippen LogP contribution in [0.2, 0.25) is 0 Å². The van der Waals surface area contributed by atoms with Crippen LogP contribution in [0.3, 0.4) is 0 Å². The number of imidazole rings is 1. The van der Waals surface area contributed by atoms with Crippen LogP contribution in [0.15, 0.2) is 18.2 Å². The van der Waals surface area contributed by atoms with Crippen molar-refractivity contribution in [3.05, 3.63) is 23.8 Å². The molecule has 1 unspecified atom stereocenters. The third kappa shape index (κ3) is 2.14. The van der Waals surface area contributed by atoms with Crippen LogP contribution in [-0.2, 0) is 0 Å².